The monoisotopic (exact) mass is 266 g/mol. The zero-order chi connectivity index (χ0) is 13.9. The smallest absolute Gasteiger partial charge is 0.313 e. The van der Waals surface area contributed by atoms with Crippen molar-refractivity contribution < 1.29 is 13.5 Å². The Morgan fingerprint density at radius 3 is 2.89 bits per heavy atom. The summed E-state index contributed by atoms with van der Waals surface area (Å²) in [6, 6.07) is 6.52. The fraction of sp³-hybridized carbons (Fsp3) is 0.231. The van der Waals surface area contributed by atoms with Crippen molar-refractivity contribution in [3.63, 3.8) is 0 Å². The number of nitrogens with zero attached hydrogens (tertiary/aromatic N) is 1. The molecule has 0 atom stereocenters. The van der Waals surface area contributed by atoms with Crippen LogP contribution in [-0.4, -0.2) is 23.7 Å². The summed E-state index contributed by atoms with van der Waals surface area (Å²) in [6.07, 6.45) is 1.76. The van der Waals surface area contributed by atoms with E-state index in [1.807, 2.05) is 0 Å². The zero-order valence-electron chi connectivity index (χ0n) is 10.2. The summed E-state index contributed by atoms with van der Waals surface area (Å²) in [6.45, 7) is 0.0427. The molecule has 0 radical (unpaired) electrons. The molecule has 1 aromatic heterocycles. The number of allylic oxidation sites excluding steroid dienone is 1. The largest absolute Gasteiger partial charge is 0.381 e. The first kappa shape index (κ1) is 13.4. The lowest BCUT2D eigenvalue weighted by molar-refractivity contribution is 0.0449. The van der Waals surface area contributed by atoms with Gasteiger partial charge in [-0.3, -0.25) is 4.79 Å². The van der Waals surface area contributed by atoms with Gasteiger partial charge in [-0.25, -0.2) is 4.98 Å². The van der Waals surface area contributed by atoms with Crippen LogP contribution in [0.1, 0.15) is 5.69 Å². The first-order valence-corrected chi connectivity index (χ1v) is 5.58. The van der Waals surface area contributed by atoms with Crippen LogP contribution >= 0.6 is 0 Å². The van der Waals surface area contributed by atoms with Gasteiger partial charge in [0.15, 0.2) is 5.69 Å². The molecule has 0 saturated carbocycles. The third-order valence-corrected chi connectivity index (χ3v) is 2.51. The molecule has 0 aliphatic carbocycles. The van der Waals surface area contributed by atoms with E-state index in [9.17, 15) is 13.6 Å². The number of aromatic nitrogens is 2. The molecule has 0 aliphatic rings. The lowest BCUT2D eigenvalue weighted by atomic mass is 10.2. The number of aromatic amines is 1. The van der Waals surface area contributed by atoms with E-state index < -0.39 is 17.2 Å². The molecule has 0 unspecified atom stereocenters. The van der Waals surface area contributed by atoms with Crippen molar-refractivity contribution in [2.24, 2.45) is 0 Å². The van der Waals surface area contributed by atoms with Gasteiger partial charge in [-0.15, -0.1) is 0 Å². The first-order chi connectivity index (χ1) is 9.04. The average molecular weight is 266 g/mol. The zero-order valence-corrected chi connectivity index (χ0v) is 10.2. The molecular formula is C13H12F2N2O2. The lowest BCUT2D eigenvalue weighted by Crippen LogP contribution is -2.25. The normalized spacial score (nSPS) is 12.4. The van der Waals surface area contributed by atoms with Gasteiger partial charge in [-0.2, -0.15) is 8.78 Å². The van der Waals surface area contributed by atoms with E-state index in [-0.39, 0.29) is 6.61 Å². The molecule has 1 heterocycles. The summed E-state index contributed by atoms with van der Waals surface area (Å²) in [5.74, 6) is -3.43. The van der Waals surface area contributed by atoms with Crippen LogP contribution in [-0.2, 0) is 10.7 Å². The second-order valence-corrected chi connectivity index (χ2v) is 3.91. The Kier molecular flexibility index (Phi) is 3.71. The van der Waals surface area contributed by atoms with Crippen molar-refractivity contribution in [3.8, 4) is 0 Å². The van der Waals surface area contributed by atoms with Crippen LogP contribution in [0.25, 0.3) is 11.0 Å². The number of alkyl halides is 2. The molecule has 0 aliphatic heterocycles. The van der Waals surface area contributed by atoms with Crippen molar-refractivity contribution in [2.75, 3.05) is 13.7 Å². The van der Waals surface area contributed by atoms with Gasteiger partial charge in [0.2, 0.25) is 0 Å². The number of hydrogen-bond donors (Lipinski definition) is 1. The van der Waals surface area contributed by atoms with Crippen molar-refractivity contribution >= 4 is 11.0 Å². The number of fused-ring (bicyclic) bond motifs is 1. The quantitative estimate of drug-likeness (QED) is 0.863. The number of hydrogen-bond acceptors (Lipinski definition) is 3. The molecule has 2 aromatic rings. The van der Waals surface area contributed by atoms with E-state index in [0.29, 0.717) is 17.1 Å². The Labute approximate surface area is 107 Å². The molecular weight excluding hydrogens is 254 g/mol. The summed E-state index contributed by atoms with van der Waals surface area (Å²) in [5.41, 5.74) is -0.978. The highest BCUT2D eigenvalue weighted by molar-refractivity contribution is 5.73. The van der Waals surface area contributed by atoms with Gasteiger partial charge in [0.05, 0.1) is 17.6 Å². The van der Waals surface area contributed by atoms with Crippen LogP contribution in [0.15, 0.2) is 41.2 Å². The molecule has 0 amide bonds. The van der Waals surface area contributed by atoms with E-state index in [2.05, 4.69) is 14.7 Å². The predicted molar refractivity (Wildman–Crippen MR) is 67.3 cm³/mol. The maximum Gasteiger partial charge on any atom is 0.313 e. The van der Waals surface area contributed by atoms with Crippen molar-refractivity contribution in [1.82, 2.24) is 9.97 Å². The minimum atomic E-state index is -3.43. The Balaban J connectivity index is 2.49. The van der Waals surface area contributed by atoms with Gasteiger partial charge < -0.3 is 9.72 Å². The molecule has 19 heavy (non-hydrogen) atoms. The second kappa shape index (κ2) is 5.27. The Bertz CT molecular complexity index is 665. The number of H-pyrrole nitrogens is 1. The van der Waals surface area contributed by atoms with Crippen LogP contribution in [0.3, 0.4) is 0 Å². The standard InChI is InChI=1S/C13H12F2N2O2/c1-19-8-4-7-13(14,15)11-12(18)17-10-6-3-2-5-9(10)16-11/h2-7H,8H2,1H3,(H,17,18)/b7-4+. The molecule has 1 N–H and O–H groups in total. The number of benzene rings is 1. The number of para-hydroxylation sites is 2. The van der Waals surface area contributed by atoms with E-state index in [4.69, 9.17) is 0 Å². The number of methoxy groups -OCH3 is 1. The van der Waals surface area contributed by atoms with Crippen LogP contribution in [0.4, 0.5) is 8.78 Å². The average Bonchev–Trinajstić information content (AvgIpc) is 2.38. The van der Waals surface area contributed by atoms with Crippen LogP contribution in [0.2, 0.25) is 0 Å². The third-order valence-electron chi connectivity index (χ3n) is 2.51. The highest BCUT2D eigenvalue weighted by atomic mass is 19.3. The summed E-state index contributed by atoms with van der Waals surface area (Å²) in [5, 5.41) is 0. The Morgan fingerprint density at radius 1 is 1.42 bits per heavy atom. The van der Waals surface area contributed by atoms with Gasteiger partial charge in [0, 0.05) is 7.11 Å². The second-order valence-electron chi connectivity index (χ2n) is 3.91. The third kappa shape index (κ3) is 2.85. The summed E-state index contributed by atoms with van der Waals surface area (Å²) >= 11 is 0. The minimum Gasteiger partial charge on any atom is -0.381 e. The van der Waals surface area contributed by atoms with Crippen LogP contribution in [0, 0.1) is 0 Å². The van der Waals surface area contributed by atoms with Gasteiger partial charge in [0.25, 0.3) is 5.56 Å². The highest BCUT2D eigenvalue weighted by Crippen LogP contribution is 2.26. The fourth-order valence-corrected chi connectivity index (χ4v) is 1.63. The molecule has 100 valence electrons. The number of rotatable bonds is 4. The van der Waals surface area contributed by atoms with Gasteiger partial charge >= 0.3 is 5.92 Å². The van der Waals surface area contributed by atoms with Crippen LogP contribution < -0.4 is 5.56 Å². The van der Waals surface area contributed by atoms with Crippen molar-refractivity contribution in [3.05, 3.63) is 52.5 Å². The summed E-state index contributed by atoms with van der Waals surface area (Å²) in [4.78, 5) is 17.8. The predicted octanol–water partition coefficient (Wildman–Crippen LogP) is 2.22. The van der Waals surface area contributed by atoms with Gasteiger partial charge in [0.1, 0.15) is 0 Å². The maximum absolute atomic E-state index is 13.8. The van der Waals surface area contributed by atoms with Crippen molar-refractivity contribution in [1.29, 1.82) is 0 Å². The molecule has 0 fully saturated rings. The topological polar surface area (TPSA) is 55.0 Å². The molecule has 2 rings (SSSR count). The van der Waals surface area contributed by atoms with Gasteiger partial charge in [-0.05, 0) is 18.2 Å². The van der Waals surface area contributed by atoms with E-state index >= 15 is 0 Å². The summed E-state index contributed by atoms with van der Waals surface area (Å²) in [7, 11) is 1.39. The number of ether oxygens (including phenoxy) is 1. The summed E-state index contributed by atoms with van der Waals surface area (Å²) < 4.78 is 32.3. The fourth-order valence-electron chi connectivity index (χ4n) is 1.63. The van der Waals surface area contributed by atoms with Crippen molar-refractivity contribution in [2.45, 2.75) is 5.92 Å². The number of nitrogens with one attached hydrogen (secondary N) is 1. The lowest BCUT2D eigenvalue weighted by Gasteiger charge is -2.10. The molecule has 0 saturated heterocycles. The number of halogens is 2. The maximum atomic E-state index is 13.8. The molecule has 6 heteroatoms. The van der Waals surface area contributed by atoms with E-state index in [1.54, 1.807) is 24.3 Å². The molecule has 0 spiro atoms. The van der Waals surface area contributed by atoms with E-state index in [1.165, 1.54) is 7.11 Å². The molecule has 1 aromatic carbocycles. The highest BCUT2D eigenvalue weighted by Gasteiger charge is 2.33. The Morgan fingerprint density at radius 2 is 2.16 bits per heavy atom. The Hall–Kier alpha value is -2.08. The van der Waals surface area contributed by atoms with Crippen LogP contribution in [0.5, 0.6) is 0 Å². The SMILES string of the molecule is COC/C=C/C(F)(F)c1nc2ccccc2[nH]c1=O. The van der Waals surface area contributed by atoms with Gasteiger partial charge in [-0.1, -0.05) is 18.2 Å². The first-order valence-electron chi connectivity index (χ1n) is 5.58. The molecule has 0 bridgehead atoms. The van der Waals surface area contributed by atoms with E-state index in [0.717, 1.165) is 6.08 Å². The molecule has 4 nitrogen and oxygen atoms in total. The minimum absolute atomic E-state index is 0.0427.